The van der Waals surface area contributed by atoms with Crippen LogP contribution < -0.4 is 14.8 Å². The van der Waals surface area contributed by atoms with Crippen LogP contribution in [0.15, 0.2) is 36.4 Å². The third-order valence-electron chi connectivity index (χ3n) is 4.63. The van der Waals surface area contributed by atoms with Crippen molar-refractivity contribution in [2.24, 2.45) is 0 Å². The Morgan fingerprint density at radius 3 is 2.13 bits per heavy atom. The molecule has 168 valence electrons. The molecule has 0 saturated carbocycles. The van der Waals surface area contributed by atoms with Crippen molar-refractivity contribution in [2.75, 3.05) is 21.3 Å². The van der Waals surface area contributed by atoms with E-state index in [1.54, 1.807) is 38.3 Å². The number of nitrogens with zero attached hydrogens (tertiary/aromatic N) is 1. The van der Waals surface area contributed by atoms with Crippen molar-refractivity contribution in [3.8, 4) is 11.5 Å². The van der Waals surface area contributed by atoms with Crippen LogP contribution in [0.3, 0.4) is 0 Å². The number of carbonyl (C=O) groups is 2. The van der Waals surface area contributed by atoms with Gasteiger partial charge in [0.1, 0.15) is 5.60 Å². The minimum atomic E-state index is -0.544. The van der Waals surface area contributed by atoms with Gasteiger partial charge in [0.25, 0.3) is 5.91 Å². The largest absolute Gasteiger partial charge is 0.493 e. The van der Waals surface area contributed by atoms with Gasteiger partial charge in [-0.1, -0.05) is 12.1 Å². The van der Waals surface area contributed by atoms with Crippen molar-refractivity contribution in [2.45, 2.75) is 46.4 Å². The van der Waals surface area contributed by atoms with Crippen LogP contribution in [0.4, 0.5) is 4.79 Å². The molecule has 7 heteroatoms. The van der Waals surface area contributed by atoms with Gasteiger partial charge in [-0.15, -0.1) is 0 Å². The molecule has 0 aliphatic carbocycles. The Kier molecular flexibility index (Phi) is 7.91. The van der Waals surface area contributed by atoms with E-state index in [1.165, 1.54) is 0 Å². The monoisotopic (exact) mass is 428 g/mol. The van der Waals surface area contributed by atoms with E-state index in [1.807, 2.05) is 52.0 Å². The molecule has 0 aliphatic heterocycles. The predicted molar refractivity (Wildman–Crippen MR) is 120 cm³/mol. The third kappa shape index (κ3) is 6.91. The molecule has 0 spiro atoms. The highest BCUT2D eigenvalue weighted by molar-refractivity contribution is 5.94. The van der Waals surface area contributed by atoms with E-state index in [0.29, 0.717) is 30.2 Å². The molecule has 2 rings (SSSR count). The molecule has 0 aromatic heterocycles. The molecule has 0 radical (unpaired) electrons. The minimum absolute atomic E-state index is 0.0964. The normalized spacial score (nSPS) is 10.9. The number of ether oxygens (including phenoxy) is 3. The number of aryl methyl sites for hydroxylation is 1. The SMILES string of the molecule is COc1cc(C)c(CN(C)C(=O)c2ccc(CNC(=O)OC(C)(C)C)cc2)cc1OC. The van der Waals surface area contributed by atoms with Crippen molar-refractivity contribution >= 4 is 12.0 Å². The Balaban J connectivity index is 2.01. The average Bonchev–Trinajstić information content (AvgIpc) is 2.71. The Bertz CT molecular complexity index is 917. The van der Waals surface area contributed by atoms with Gasteiger partial charge in [0.05, 0.1) is 14.2 Å². The fourth-order valence-electron chi connectivity index (χ4n) is 2.99. The van der Waals surface area contributed by atoms with Crippen LogP contribution in [-0.2, 0) is 17.8 Å². The zero-order valence-corrected chi connectivity index (χ0v) is 19.4. The van der Waals surface area contributed by atoms with Crippen LogP contribution in [0.2, 0.25) is 0 Å². The van der Waals surface area contributed by atoms with Gasteiger partial charge in [-0.2, -0.15) is 0 Å². The molecule has 0 saturated heterocycles. The maximum atomic E-state index is 12.9. The number of carbonyl (C=O) groups excluding carboxylic acids is 2. The number of rotatable bonds is 7. The first-order valence-corrected chi connectivity index (χ1v) is 10.1. The number of benzene rings is 2. The van der Waals surface area contributed by atoms with Crippen LogP contribution >= 0.6 is 0 Å². The van der Waals surface area contributed by atoms with Gasteiger partial charge in [-0.25, -0.2) is 4.79 Å². The maximum absolute atomic E-state index is 12.9. The Hall–Kier alpha value is -3.22. The first-order valence-electron chi connectivity index (χ1n) is 10.1. The lowest BCUT2D eigenvalue weighted by Gasteiger charge is -2.20. The molecule has 0 fully saturated rings. The van der Waals surface area contributed by atoms with Crippen molar-refractivity contribution in [3.63, 3.8) is 0 Å². The molecule has 0 aliphatic rings. The van der Waals surface area contributed by atoms with Crippen LogP contribution in [0, 0.1) is 6.92 Å². The lowest BCUT2D eigenvalue weighted by molar-refractivity contribution is 0.0523. The van der Waals surface area contributed by atoms with Gasteiger partial charge < -0.3 is 24.4 Å². The van der Waals surface area contributed by atoms with Gasteiger partial charge in [0.15, 0.2) is 11.5 Å². The highest BCUT2D eigenvalue weighted by Crippen LogP contribution is 2.30. The molecule has 0 unspecified atom stereocenters. The average molecular weight is 429 g/mol. The van der Waals surface area contributed by atoms with Gasteiger partial charge in [0.2, 0.25) is 0 Å². The number of hydrogen-bond acceptors (Lipinski definition) is 5. The lowest BCUT2D eigenvalue weighted by atomic mass is 10.1. The van der Waals surface area contributed by atoms with Crippen molar-refractivity contribution < 1.29 is 23.8 Å². The Morgan fingerprint density at radius 1 is 1.00 bits per heavy atom. The predicted octanol–water partition coefficient (Wildman–Crippen LogP) is 4.31. The number of alkyl carbamates (subject to hydrolysis) is 1. The molecular formula is C24H32N2O5. The first-order chi connectivity index (χ1) is 14.5. The molecule has 1 N–H and O–H groups in total. The smallest absolute Gasteiger partial charge is 0.407 e. The van der Waals surface area contributed by atoms with Crippen LogP contribution in [0.25, 0.3) is 0 Å². The van der Waals surface area contributed by atoms with Crippen molar-refractivity contribution in [3.05, 3.63) is 58.7 Å². The second kappa shape index (κ2) is 10.2. The van der Waals surface area contributed by atoms with Crippen LogP contribution in [0.1, 0.15) is 47.8 Å². The lowest BCUT2D eigenvalue weighted by Crippen LogP contribution is -2.32. The Labute approximate surface area is 184 Å². The summed E-state index contributed by atoms with van der Waals surface area (Å²) in [5, 5.41) is 2.71. The molecule has 0 heterocycles. The zero-order chi connectivity index (χ0) is 23.2. The maximum Gasteiger partial charge on any atom is 0.407 e. The Morgan fingerprint density at radius 2 is 1.58 bits per heavy atom. The van der Waals surface area contributed by atoms with E-state index in [4.69, 9.17) is 14.2 Å². The second-order valence-electron chi connectivity index (χ2n) is 8.35. The van der Waals surface area contributed by atoms with E-state index >= 15 is 0 Å². The van der Waals surface area contributed by atoms with E-state index < -0.39 is 11.7 Å². The first kappa shape index (κ1) is 24.1. The van der Waals surface area contributed by atoms with E-state index in [0.717, 1.165) is 16.7 Å². The molecule has 2 amide bonds. The van der Waals surface area contributed by atoms with Crippen molar-refractivity contribution in [1.82, 2.24) is 10.2 Å². The zero-order valence-electron chi connectivity index (χ0n) is 19.4. The van der Waals surface area contributed by atoms with Crippen molar-refractivity contribution in [1.29, 1.82) is 0 Å². The summed E-state index contributed by atoms with van der Waals surface area (Å²) in [5.74, 6) is 1.19. The topological polar surface area (TPSA) is 77.1 Å². The number of methoxy groups -OCH3 is 2. The molecule has 0 bridgehead atoms. The fourth-order valence-corrected chi connectivity index (χ4v) is 2.99. The number of amides is 2. The highest BCUT2D eigenvalue weighted by Gasteiger charge is 2.17. The molecule has 2 aromatic carbocycles. The van der Waals surface area contributed by atoms with Crippen LogP contribution in [0.5, 0.6) is 11.5 Å². The second-order valence-corrected chi connectivity index (χ2v) is 8.35. The molecule has 2 aromatic rings. The summed E-state index contributed by atoms with van der Waals surface area (Å²) in [6, 6.07) is 10.9. The van der Waals surface area contributed by atoms with Crippen LogP contribution in [-0.4, -0.2) is 43.8 Å². The standard InChI is InChI=1S/C24H32N2O5/c1-16-12-20(29-6)21(30-7)13-19(16)15-26(5)22(27)18-10-8-17(9-11-18)14-25-23(28)31-24(2,3)4/h8-13H,14-15H2,1-7H3,(H,25,28). The summed E-state index contributed by atoms with van der Waals surface area (Å²) in [6.07, 6.45) is -0.474. The highest BCUT2D eigenvalue weighted by atomic mass is 16.6. The minimum Gasteiger partial charge on any atom is -0.493 e. The summed E-state index contributed by atoms with van der Waals surface area (Å²) in [5.41, 5.74) is 2.90. The summed E-state index contributed by atoms with van der Waals surface area (Å²) in [4.78, 5) is 26.3. The quantitative estimate of drug-likeness (QED) is 0.711. The van der Waals surface area contributed by atoms with Gasteiger partial charge in [-0.3, -0.25) is 4.79 Å². The summed E-state index contributed by atoms with van der Waals surface area (Å²) in [6.45, 7) is 8.17. The van der Waals surface area contributed by atoms with E-state index in [9.17, 15) is 9.59 Å². The molecule has 7 nitrogen and oxygen atoms in total. The van der Waals surface area contributed by atoms with Gasteiger partial charge in [-0.05, 0) is 68.7 Å². The summed E-state index contributed by atoms with van der Waals surface area (Å²) >= 11 is 0. The van der Waals surface area contributed by atoms with Gasteiger partial charge >= 0.3 is 6.09 Å². The molecular weight excluding hydrogens is 396 g/mol. The third-order valence-corrected chi connectivity index (χ3v) is 4.63. The van der Waals surface area contributed by atoms with Gasteiger partial charge in [0, 0.05) is 25.7 Å². The van der Waals surface area contributed by atoms with E-state index in [-0.39, 0.29) is 5.91 Å². The van der Waals surface area contributed by atoms with E-state index in [2.05, 4.69) is 5.32 Å². The number of nitrogens with one attached hydrogen (secondary N) is 1. The number of hydrogen-bond donors (Lipinski definition) is 1. The summed E-state index contributed by atoms with van der Waals surface area (Å²) in [7, 11) is 4.95. The molecule has 0 atom stereocenters. The summed E-state index contributed by atoms with van der Waals surface area (Å²) < 4.78 is 15.9. The molecule has 31 heavy (non-hydrogen) atoms. The fraction of sp³-hybridized carbons (Fsp3) is 0.417.